The highest BCUT2D eigenvalue weighted by Gasteiger charge is 2.29. The molecule has 7 heteroatoms. The van der Waals surface area contributed by atoms with Crippen LogP contribution in [0.15, 0.2) is 47.1 Å². The molecule has 2 aromatic carbocycles. The number of amides is 1. The summed E-state index contributed by atoms with van der Waals surface area (Å²) in [7, 11) is 0. The van der Waals surface area contributed by atoms with Gasteiger partial charge in [0.2, 0.25) is 0 Å². The third-order valence-corrected chi connectivity index (χ3v) is 4.84. The van der Waals surface area contributed by atoms with Gasteiger partial charge in [-0.05, 0) is 55.8 Å². The Balaban J connectivity index is 1.91. The van der Waals surface area contributed by atoms with Gasteiger partial charge in [-0.3, -0.25) is 4.79 Å². The first-order chi connectivity index (χ1) is 13.9. The van der Waals surface area contributed by atoms with E-state index in [1.165, 1.54) is 5.01 Å². The highest BCUT2D eigenvalue weighted by atomic mass is 35.5. The van der Waals surface area contributed by atoms with Gasteiger partial charge in [-0.1, -0.05) is 35.2 Å². The van der Waals surface area contributed by atoms with Crippen LogP contribution in [0, 0.1) is 12.3 Å². The van der Waals surface area contributed by atoms with Crippen molar-refractivity contribution in [3.63, 3.8) is 0 Å². The SMILES string of the molecule is C#CCOc1ccc(/C=C2/C(=O)N(c3ccc(Cl)c(Cl)c3)N=C2C)cc1OCC. The predicted molar refractivity (Wildman–Crippen MR) is 117 cm³/mol. The number of nitrogens with zero attached hydrogens (tertiary/aromatic N) is 2. The van der Waals surface area contributed by atoms with Crippen LogP contribution in [0.4, 0.5) is 5.69 Å². The van der Waals surface area contributed by atoms with Crippen LogP contribution in [0.25, 0.3) is 6.08 Å². The molecule has 0 saturated carbocycles. The fraction of sp³-hybridized carbons (Fsp3) is 0.182. The summed E-state index contributed by atoms with van der Waals surface area (Å²) in [5.41, 5.74) is 2.37. The van der Waals surface area contributed by atoms with Gasteiger partial charge in [0.05, 0.1) is 33.6 Å². The molecular formula is C22H18Cl2N2O3. The summed E-state index contributed by atoms with van der Waals surface area (Å²) < 4.78 is 11.1. The predicted octanol–water partition coefficient (Wildman–Crippen LogP) is 5.21. The van der Waals surface area contributed by atoms with Crippen molar-refractivity contribution in [2.45, 2.75) is 13.8 Å². The molecule has 0 spiro atoms. The van der Waals surface area contributed by atoms with Crippen LogP contribution in [0.3, 0.4) is 0 Å². The molecule has 1 aliphatic rings. The zero-order chi connectivity index (χ0) is 21.0. The molecule has 1 amide bonds. The topological polar surface area (TPSA) is 51.1 Å². The molecule has 0 bridgehead atoms. The Hall–Kier alpha value is -2.94. The fourth-order valence-electron chi connectivity index (χ4n) is 2.76. The standard InChI is InChI=1S/C22H18Cl2N2O3/c1-4-10-29-20-9-6-15(12-21(20)28-5-2)11-17-14(3)25-26(22(17)27)16-7-8-18(23)19(24)13-16/h1,6-9,11-13H,5,10H2,2-3H3/b17-11+. The van der Waals surface area contributed by atoms with E-state index in [1.807, 2.05) is 13.0 Å². The van der Waals surface area contributed by atoms with Crippen LogP contribution >= 0.6 is 23.2 Å². The van der Waals surface area contributed by atoms with E-state index in [0.29, 0.717) is 45.1 Å². The number of terminal acetylenes is 1. The maximum atomic E-state index is 12.9. The maximum Gasteiger partial charge on any atom is 0.280 e. The van der Waals surface area contributed by atoms with Crippen molar-refractivity contribution in [1.82, 2.24) is 0 Å². The number of carbonyl (C=O) groups excluding carboxylic acids is 1. The molecular weight excluding hydrogens is 411 g/mol. The Labute approximate surface area is 179 Å². The van der Waals surface area contributed by atoms with Crippen molar-refractivity contribution in [1.29, 1.82) is 0 Å². The molecule has 0 aromatic heterocycles. The molecule has 0 atom stereocenters. The van der Waals surface area contributed by atoms with E-state index in [4.69, 9.17) is 39.1 Å². The molecule has 29 heavy (non-hydrogen) atoms. The van der Waals surface area contributed by atoms with Crippen molar-refractivity contribution in [3.05, 3.63) is 57.6 Å². The molecule has 0 saturated heterocycles. The van der Waals surface area contributed by atoms with Crippen molar-refractivity contribution < 1.29 is 14.3 Å². The Morgan fingerprint density at radius 3 is 2.62 bits per heavy atom. The number of rotatable bonds is 6. The lowest BCUT2D eigenvalue weighted by Gasteiger charge is -2.13. The Kier molecular flexibility index (Phi) is 6.48. The van der Waals surface area contributed by atoms with Crippen molar-refractivity contribution in [3.8, 4) is 23.8 Å². The second-order valence-corrected chi connectivity index (χ2v) is 6.91. The first-order valence-electron chi connectivity index (χ1n) is 8.84. The van der Waals surface area contributed by atoms with E-state index < -0.39 is 0 Å². The van der Waals surface area contributed by atoms with Crippen LogP contribution in [-0.4, -0.2) is 24.8 Å². The van der Waals surface area contributed by atoms with Gasteiger partial charge in [0.15, 0.2) is 11.5 Å². The second kappa shape index (κ2) is 9.04. The molecule has 0 fully saturated rings. The summed E-state index contributed by atoms with van der Waals surface area (Å²) in [5.74, 6) is 3.27. The molecule has 148 valence electrons. The number of hydrogen-bond donors (Lipinski definition) is 0. The van der Waals surface area contributed by atoms with Crippen LogP contribution in [-0.2, 0) is 4.79 Å². The number of benzene rings is 2. The zero-order valence-corrected chi connectivity index (χ0v) is 17.4. The number of hydrogen-bond acceptors (Lipinski definition) is 4. The largest absolute Gasteiger partial charge is 0.490 e. The number of halogens is 2. The lowest BCUT2D eigenvalue weighted by molar-refractivity contribution is -0.114. The maximum absolute atomic E-state index is 12.9. The zero-order valence-electron chi connectivity index (χ0n) is 15.9. The molecule has 2 aromatic rings. The normalized spacial score (nSPS) is 14.7. The Morgan fingerprint density at radius 1 is 1.14 bits per heavy atom. The van der Waals surface area contributed by atoms with Crippen molar-refractivity contribution in [2.24, 2.45) is 5.10 Å². The lowest BCUT2D eigenvalue weighted by Crippen LogP contribution is -2.21. The van der Waals surface area contributed by atoms with Crippen LogP contribution in [0.1, 0.15) is 19.4 Å². The van der Waals surface area contributed by atoms with Crippen LogP contribution in [0.5, 0.6) is 11.5 Å². The Morgan fingerprint density at radius 2 is 1.93 bits per heavy atom. The molecule has 0 unspecified atom stereocenters. The second-order valence-electron chi connectivity index (χ2n) is 6.09. The summed E-state index contributed by atoms with van der Waals surface area (Å²) in [5, 5.41) is 6.42. The summed E-state index contributed by atoms with van der Waals surface area (Å²) in [4.78, 5) is 12.9. The van der Waals surface area contributed by atoms with E-state index in [2.05, 4.69) is 11.0 Å². The first-order valence-corrected chi connectivity index (χ1v) is 9.60. The average Bonchev–Trinajstić information content (AvgIpc) is 2.98. The smallest absolute Gasteiger partial charge is 0.280 e. The van der Waals surface area contributed by atoms with Gasteiger partial charge < -0.3 is 9.47 Å². The fourth-order valence-corrected chi connectivity index (χ4v) is 3.06. The number of carbonyl (C=O) groups is 1. The molecule has 0 N–H and O–H groups in total. The van der Waals surface area contributed by atoms with E-state index in [9.17, 15) is 4.79 Å². The van der Waals surface area contributed by atoms with E-state index in [0.717, 1.165) is 5.56 Å². The van der Waals surface area contributed by atoms with E-state index >= 15 is 0 Å². The van der Waals surface area contributed by atoms with Gasteiger partial charge in [0.25, 0.3) is 5.91 Å². The highest BCUT2D eigenvalue weighted by molar-refractivity contribution is 6.42. The summed E-state index contributed by atoms with van der Waals surface area (Å²) in [6.45, 7) is 4.26. The summed E-state index contributed by atoms with van der Waals surface area (Å²) >= 11 is 12.0. The molecule has 3 rings (SSSR count). The molecule has 5 nitrogen and oxygen atoms in total. The van der Waals surface area contributed by atoms with Gasteiger partial charge in [-0.15, -0.1) is 6.42 Å². The monoisotopic (exact) mass is 428 g/mol. The minimum atomic E-state index is -0.258. The van der Waals surface area contributed by atoms with E-state index in [-0.39, 0.29) is 12.5 Å². The molecule has 1 aliphatic heterocycles. The van der Waals surface area contributed by atoms with Gasteiger partial charge >= 0.3 is 0 Å². The summed E-state index contributed by atoms with van der Waals surface area (Å²) in [6, 6.07) is 10.3. The van der Waals surface area contributed by atoms with Crippen molar-refractivity contribution in [2.75, 3.05) is 18.2 Å². The van der Waals surface area contributed by atoms with E-state index in [1.54, 1.807) is 43.3 Å². The first kappa shape index (κ1) is 20.8. The number of hydrazone groups is 1. The van der Waals surface area contributed by atoms with Gasteiger partial charge in [0, 0.05) is 0 Å². The molecule has 0 radical (unpaired) electrons. The van der Waals surface area contributed by atoms with Crippen LogP contribution in [0.2, 0.25) is 10.0 Å². The number of anilines is 1. The van der Waals surface area contributed by atoms with Gasteiger partial charge in [-0.25, -0.2) is 0 Å². The third-order valence-electron chi connectivity index (χ3n) is 4.10. The minimum Gasteiger partial charge on any atom is -0.490 e. The average molecular weight is 429 g/mol. The molecule has 0 aliphatic carbocycles. The Bertz CT molecular complexity index is 1050. The lowest BCUT2D eigenvalue weighted by atomic mass is 10.1. The highest BCUT2D eigenvalue weighted by Crippen LogP contribution is 2.32. The molecule has 1 heterocycles. The summed E-state index contributed by atoms with van der Waals surface area (Å²) in [6.07, 6.45) is 7.01. The van der Waals surface area contributed by atoms with Crippen molar-refractivity contribution >= 4 is 46.6 Å². The van der Waals surface area contributed by atoms with Crippen LogP contribution < -0.4 is 14.5 Å². The quantitative estimate of drug-likeness (QED) is 0.468. The minimum absolute atomic E-state index is 0.142. The number of ether oxygens (including phenoxy) is 2. The van der Waals surface area contributed by atoms with Gasteiger partial charge in [-0.2, -0.15) is 10.1 Å². The third kappa shape index (κ3) is 4.56. The van der Waals surface area contributed by atoms with Gasteiger partial charge in [0.1, 0.15) is 6.61 Å².